The molecule has 8 fully saturated rings. The minimum atomic E-state index is -0.354. The topological polar surface area (TPSA) is 243 Å². The number of rotatable bonds is 4. The Balaban J connectivity index is 0.000000223. The second kappa shape index (κ2) is 31.2. The number of fused-ring (bicyclic) bond motifs is 12. The molecule has 0 bridgehead atoms. The van der Waals surface area contributed by atoms with E-state index in [-0.39, 0.29) is 114 Å². The molecule has 12 heteroatoms. The van der Waals surface area contributed by atoms with Gasteiger partial charge < -0.3 is 61.3 Å². The molecule has 0 heterocycles. The molecule has 8 saturated carbocycles. The van der Waals surface area contributed by atoms with E-state index in [0.717, 1.165) is 157 Å². The fourth-order valence-electron chi connectivity index (χ4n) is 23.2. The first-order valence-corrected chi connectivity index (χ1v) is 37.2. The summed E-state index contributed by atoms with van der Waals surface area (Å²) < 4.78 is 0. The zero-order chi connectivity index (χ0) is 73.3. The molecule has 12 N–H and O–H groups in total. The van der Waals surface area contributed by atoms with Gasteiger partial charge in [0.05, 0.1) is 48.8 Å². The third-order valence-corrected chi connectivity index (χ3v) is 29.9. The lowest BCUT2D eigenvalue weighted by atomic mass is 9.44. The van der Waals surface area contributed by atoms with Crippen molar-refractivity contribution in [3.63, 3.8) is 0 Å². The first kappa shape index (κ1) is 84.1. The molecule has 0 unspecified atom stereocenters. The zero-order valence-corrected chi connectivity index (χ0v) is 64.2. The van der Waals surface area contributed by atoms with Crippen molar-refractivity contribution in [2.75, 3.05) is 28.4 Å². The minimum Gasteiger partial charge on any atom is -0.400 e. The van der Waals surface area contributed by atoms with E-state index in [4.69, 9.17) is 20.4 Å². The number of hydrogen-bond donors (Lipinski definition) is 12. The quantitative estimate of drug-likeness (QED) is 0.118. The van der Waals surface area contributed by atoms with Crippen LogP contribution in [-0.2, 0) is 0 Å². The smallest absolute Gasteiger partial charge is 0.0756 e. The maximum atomic E-state index is 10.8. The lowest BCUT2D eigenvalue weighted by Crippen LogP contribution is -2.58. The van der Waals surface area contributed by atoms with Gasteiger partial charge in [-0.25, -0.2) is 0 Å². The van der Waals surface area contributed by atoms with Gasteiger partial charge in [0.15, 0.2) is 0 Å². The van der Waals surface area contributed by atoms with Crippen LogP contribution in [0, 0.1) is 112 Å². The fraction of sp³-hybridized carbons (Fsp3) is 0.810. The molecule has 12 aliphatic carbocycles. The van der Waals surface area contributed by atoms with Gasteiger partial charge in [0.25, 0.3) is 0 Å². The molecule has 0 aromatic rings. The van der Waals surface area contributed by atoms with Crippen LogP contribution in [0.25, 0.3) is 0 Å². The van der Waals surface area contributed by atoms with Crippen LogP contribution in [0.2, 0.25) is 0 Å². The number of hydrogen-bond acceptors (Lipinski definition) is 12. The van der Waals surface area contributed by atoms with Crippen LogP contribution in [0.1, 0.15) is 239 Å². The highest BCUT2D eigenvalue weighted by Gasteiger charge is 2.63. The largest absolute Gasteiger partial charge is 0.400 e. The molecule has 24 atom stereocenters. The van der Waals surface area contributed by atoms with Crippen LogP contribution < -0.4 is 0 Å². The number of allylic oxidation sites excluding steroid dienone is 8. The summed E-state index contributed by atoms with van der Waals surface area (Å²) in [5, 5.41) is 113. The molecular weight excluding hydrogens is 1200 g/mol. The van der Waals surface area contributed by atoms with Crippen molar-refractivity contribution in [2.45, 2.75) is 288 Å². The SMILES string of the molecule is C=C[C@]1(C)C=C2[C@H](O)C[C@@H]3C(C)(C)[C@H](O)CC[C@@]3(C)[C@@H]2CC1.C=C[C@]1(C)C=C2[C@H](O)C[C@@H]3C(C)(C)[C@H](O)CC[C@@]3(C)[C@@H]2CC1.C=C[C@]1(C)C=C2[C@H](O)C[C@@H]3C(C)(C)[C@H](O)CC[C@@]3(C)[C@@H]2CC1.C=C[C@]1(C)C=C2[C@H](O)C[C@@H]3C(C)(C)[C@H](O)CC[C@@]3(C)[C@@H]2CC1.CO.CO.CO.CO. The van der Waals surface area contributed by atoms with Gasteiger partial charge in [-0.2, -0.15) is 0 Å². The van der Waals surface area contributed by atoms with Gasteiger partial charge in [-0.3, -0.25) is 0 Å². The van der Waals surface area contributed by atoms with Crippen LogP contribution in [0.5, 0.6) is 0 Å². The van der Waals surface area contributed by atoms with Gasteiger partial charge in [-0.15, -0.1) is 26.3 Å². The van der Waals surface area contributed by atoms with Crippen molar-refractivity contribution in [3.05, 3.63) is 97.2 Å². The van der Waals surface area contributed by atoms with Crippen LogP contribution in [0.15, 0.2) is 97.2 Å². The molecule has 0 spiro atoms. The normalized spacial score (nSPS) is 46.6. The van der Waals surface area contributed by atoms with Crippen LogP contribution in [0.4, 0.5) is 0 Å². The number of aliphatic hydroxyl groups excluding tert-OH is 12. The summed E-state index contributed by atoms with van der Waals surface area (Å²) in [5.41, 5.74) is 5.48. The molecule has 96 heavy (non-hydrogen) atoms. The van der Waals surface area contributed by atoms with Gasteiger partial charge in [-0.1, -0.05) is 159 Å². The predicted octanol–water partition coefficient (Wildman–Crippen LogP) is 14.8. The van der Waals surface area contributed by atoms with E-state index < -0.39 is 0 Å². The van der Waals surface area contributed by atoms with Gasteiger partial charge in [0.2, 0.25) is 0 Å². The average Bonchev–Trinajstić information content (AvgIpc) is 0.740. The van der Waals surface area contributed by atoms with Crippen molar-refractivity contribution >= 4 is 0 Å². The fourth-order valence-corrected chi connectivity index (χ4v) is 23.2. The highest BCUT2D eigenvalue weighted by Crippen LogP contribution is 2.68. The molecule has 0 aliphatic heterocycles. The lowest BCUT2D eigenvalue weighted by Gasteiger charge is -2.61. The Hall–Kier alpha value is -2.56. The van der Waals surface area contributed by atoms with Crippen molar-refractivity contribution in [1.29, 1.82) is 0 Å². The summed E-state index contributed by atoms with van der Waals surface area (Å²) in [6.07, 6.45) is 34.9. The summed E-state index contributed by atoms with van der Waals surface area (Å²) in [5.74, 6) is 3.37. The van der Waals surface area contributed by atoms with Crippen molar-refractivity contribution in [2.24, 2.45) is 112 Å². The van der Waals surface area contributed by atoms with Crippen LogP contribution in [-0.4, -0.2) is 139 Å². The van der Waals surface area contributed by atoms with E-state index >= 15 is 0 Å². The summed E-state index contributed by atoms with van der Waals surface area (Å²) in [7, 11) is 4.00. The summed E-state index contributed by atoms with van der Waals surface area (Å²) >= 11 is 0. The number of aliphatic hydroxyl groups is 12. The molecule has 12 nitrogen and oxygen atoms in total. The van der Waals surface area contributed by atoms with E-state index in [1.807, 2.05) is 24.3 Å². The van der Waals surface area contributed by atoms with Gasteiger partial charge in [0, 0.05) is 50.1 Å². The third kappa shape index (κ3) is 15.3. The molecule has 0 saturated heterocycles. The first-order valence-electron chi connectivity index (χ1n) is 37.2. The van der Waals surface area contributed by atoms with E-state index in [2.05, 4.69) is 161 Å². The molecule has 552 valence electrons. The molecular formula is C84H144O12. The second-order valence-electron chi connectivity index (χ2n) is 36.5. The van der Waals surface area contributed by atoms with E-state index in [9.17, 15) is 40.9 Å². The lowest BCUT2D eigenvalue weighted by molar-refractivity contribution is -0.143. The van der Waals surface area contributed by atoms with Crippen molar-refractivity contribution in [3.8, 4) is 0 Å². The molecule has 0 aromatic heterocycles. The Bertz CT molecular complexity index is 2400. The average molecular weight is 1350 g/mol. The summed E-state index contributed by atoms with van der Waals surface area (Å²) in [6.45, 7) is 52.0. The molecule has 0 radical (unpaired) electrons. The molecule has 0 aromatic carbocycles. The maximum absolute atomic E-state index is 10.8. The monoisotopic (exact) mass is 1350 g/mol. The Morgan fingerprint density at radius 2 is 0.427 bits per heavy atom. The Kier molecular flexibility index (Phi) is 27.3. The second-order valence-corrected chi connectivity index (χ2v) is 36.5. The first-order chi connectivity index (χ1) is 44.6. The Labute approximate surface area is 584 Å². The third-order valence-electron chi connectivity index (χ3n) is 29.9. The van der Waals surface area contributed by atoms with Crippen molar-refractivity contribution in [1.82, 2.24) is 0 Å². The van der Waals surface area contributed by atoms with Crippen LogP contribution in [0.3, 0.4) is 0 Å². The summed E-state index contributed by atoms with van der Waals surface area (Å²) in [6, 6.07) is 0. The highest BCUT2D eigenvalue weighted by molar-refractivity contribution is 5.34. The van der Waals surface area contributed by atoms with Gasteiger partial charge >= 0.3 is 0 Å². The zero-order valence-electron chi connectivity index (χ0n) is 64.2. The maximum Gasteiger partial charge on any atom is 0.0756 e. The van der Waals surface area contributed by atoms with E-state index in [0.29, 0.717) is 47.3 Å². The molecule has 0 amide bonds. The van der Waals surface area contributed by atoms with Crippen LogP contribution >= 0.6 is 0 Å². The van der Waals surface area contributed by atoms with Gasteiger partial charge in [-0.05, 0) is 241 Å². The predicted molar refractivity (Wildman–Crippen MR) is 394 cm³/mol. The van der Waals surface area contributed by atoms with E-state index in [1.54, 1.807) is 0 Å². The van der Waals surface area contributed by atoms with Crippen molar-refractivity contribution < 1.29 is 61.3 Å². The molecule has 12 aliphatic rings. The molecule has 12 rings (SSSR count). The van der Waals surface area contributed by atoms with E-state index in [1.165, 1.54) is 22.3 Å². The summed E-state index contributed by atoms with van der Waals surface area (Å²) in [4.78, 5) is 0. The van der Waals surface area contributed by atoms with Gasteiger partial charge in [0.1, 0.15) is 0 Å². The Morgan fingerprint density at radius 3 is 0.573 bits per heavy atom. The standard InChI is InChI=1S/4C20H32O2.4CH4O/c4*1-6-19(4)9-7-14-13(12-19)15(21)11-16-18(2,3)17(22)8-10-20(14,16)5;4*1-2/h4*6,12,14-17,21-22H,1,7-11H2,2-5H3;4*2H,1H3/t4*14-,15-,16-,17-,19+,20+;;;;/m1111..../s1. The minimum absolute atomic E-state index is 0.0275. The Morgan fingerprint density at radius 1 is 0.271 bits per heavy atom. The highest BCUT2D eigenvalue weighted by atomic mass is 16.3.